The van der Waals surface area contributed by atoms with Gasteiger partial charge in [0, 0.05) is 12.6 Å². The Bertz CT molecular complexity index is 1090. The number of carbonyl (C=O) groups is 1. The largest absolute Gasteiger partial charge is 0.483 e. The van der Waals surface area contributed by atoms with Gasteiger partial charge in [-0.15, -0.1) is 16.8 Å². The van der Waals surface area contributed by atoms with Crippen molar-refractivity contribution < 1.29 is 22.7 Å². The lowest BCUT2D eigenvalue weighted by molar-refractivity contribution is -0.115. The lowest BCUT2D eigenvalue weighted by atomic mass is 10.3. The molecule has 0 aliphatic carbocycles. The van der Waals surface area contributed by atoms with Crippen LogP contribution in [-0.4, -0.2) is 25.9 Å². The third-order valence-corrected chi connectivity index (χ3v) is 5.22. The van der Waals surface area contributed by atoms with Crippen LogP contribution >= 0.6 is 11.8 Å². The molecule has 1 atom stereocenters. The molecule has 6 nitrogen and oxygen atoms in total. The van der Waals surface area contributed by atoms with Gasteiger partial charge in [-0.1, -0.05) is 30.0 Å². The first-order chi connectivity index (χ1) is 14.9. The van der Waals surface area contributed by atoms with Gasteiger partial charge in [-0.2, -0.15) is 0 Å². The van der Waals surface area contributed by atoms with Gasteiger partial charge in [0.05, 0.1) is 10.9 Å². The van der Waals surface area contributed by atoms with Crippen molar-refractivity contribution >= 4 is 23.4 Å². The molecule has 0 saturated carbocycles. The van der Waals surface area contributed by atoms with Gasteiger partial charge in [0.1, 0.15) is 18.2 Å². The number of anilines is 1. The minimum Gasteiger partial charge on any atom is -0.483 e. The summed E-state index contributed by atoms with van der Waals surface area (Å²) in [7, 11) is 0. The van der Waals surface area contributed by atoms with Crippen molar-refractivity contribution in [2.24, 2.45) is 0 Å². The molecule has 0 spiro atoms. The van der Waals surface area contributed by atoms with E-state index in [1.165, 1.54) is 12.1 Å². The summed E-state index contributed by atoms with van der Waals surface area (Å²) in [6.07, 6.45) is 1.62. The quantitative estimate of drug-likeness (QED) is 0.383. The zero-order valence-corrected chi connectivity index (χ0v) is 17.3. The molecule has 1 amide bonds. The highest BCUT2D eigenvalue weighted by Crippen LogP contribution is 2.25. The van der Waals surface area contributed by atoms with E-state index in [2.05, 4.69) is 22.1 Å². The minimum absolute atomic E-state index is 0.0380. The van der Waals surface area contributed by atoms with Crippen molar-refractivity contribution in [1.82, 2.24) is 14.8 Å². The van der Waals surface area contributed by atoms with E-state index in [1.807, 2.05) is 0 Å². The first-order valence-corrected chi connectivity index (χ1v) is 10.1. The number of hydrogen-bond acceptors (Lipinski definition) is 5. The van der Waals surface area contributed by atoms with Crippen LogP contribution in [0.5, 0.6) is 5.75 Å². The van der Waals surface area contributed by atoms with E-state index in [-0.39, 0.29) is 18.0 Å². The van der Waals surface area contributed by atoms with Gasteiger partial charge in [0.15, 0.2) is 22.5 Å². The Morgan fingerprint density at radius 1 is 1.23 bits per heavy atom. The molecule has 3 rings (SSSR count). The second-order valence-electron chi connectivity index (χ2n) is 6.39. The molecule has 0 aliphatic rings. The summed E-state index contributed by atoms with van der Waals surface area (Å²) in [6.45, 7) is 5.62. The Hall–Kier alpha value is -3.27. The molecule has 10 heteroatoms. The average Bonchev–Trinajstić information content (AvgIpc) is 3.11. The van der Waals surface area contributed by atoms with Crippen LogP contribution in [-0.2, 0) is 17.9 Å². The zero-order valence-electron chi connectivity index (χ0n) is 16.5. The van der Waals surface area contributed by atoms with Crippen LogP contribution in [0.2, 0.25) is 0 Å². The topological polar surface area (TPSA) is 69.0 Å². The number of carbonyl (C=O) groups excluding carboxylic acids is 1. The van der Waals surface area contributed by atoms with E-state index in [4.69, 9.17) is 4.74 Å². The highest BCUT2D eigenvalue weighted by Gasteiger charge is 2.21. The molecule has 0 saturated heterocycles. The summed E-state index contributed by atoms with van der Waals surface area (Å²) in [5.74, 6) is -2.09. The summed E-state index contributed by atoms with van der Waals surface area (Å²) in [5, 5.41) is 10.3. The minimum atomic E-state index is -0.868. The fraction of sp³-hybridized carbons (Fsp3) is 0.190. The van der Waals surface area contributed by atoms with Crippen molar-refractivity contribution in [2.75, 3.05) is 5.32 Å². The standard InChI is InChI=1S/C21H19F3N4O2S/c1-3-10-28-19(12-30-18-7-5-4-6-15(18)23)26-27-21(28)31-13(2)20(29)25-17-9-8-14(22)11-16(17)24/h3-9,11,13H,1,10,12H2,2H3,(H,25,29). The van der Waals surface area contributed by atoms with Crippen LogP contribution in [0.1, 0.15) is 12.7 Å². The predicted octanol–water partition coefficient (Wildman–Crippen LogP) is 4.58. The van der Waals surface area contributed by atoms with Crippen molar-refractivity contribution in [2.45, 2.75) is 30.5 Å². The Balaban J connectivity index is 1.69. The van der Waals surface area contributed by atoms with Gasteiger partial charge < -0.3 is 10.1 Å². The van der Waals surface area contributed by atoms with Crippen molar-refractivity contribution in [1.29, 1.82) is 0 Å². The molecule has 0 aliphatic heterocycles. The normalized spacial score (nSPS) is 11.7. The Morgan fingerprint density at radius 2 is 2.00 bits per heavy atom. The number of halogens is 3. The van der Waals surface area contributed by atoms with Crippen molar-refractivity contribution in [3.63, 3.8) is 0 Å². The monoisotopic (exact) mass is 448 g/mol. The van der Waals surface area contributed by atoms with E-state index in [1.54, 1.807) is 29.7 Å². The predicted molar refractivity (Wildman–Crippen MR) is 111 cm³/mol. The number of thioether (sulfide) groups is 1. The van der Waals surface area contributed by atoms with Gasteiger partial charge in [-0.05, 0) is 31.2 Å². The molecule has 0 bridgehead atoms. The first-order valence-electron chi connectivity index (χ1n) is 9.22. The van der Waals surface area contributed by atoms with Crippen LogP contribution in [0.4, 0.5) is 18.9 Å². The molecule has 1 aromatic heterocycles. The van der Waals surface area contributed by atoms with E-state index in [0.717, 1.165) is 23.9 Å². The number of nitrogens with zero attached hydrogens (tertiary/aromatic N) is 3. The van der Waals surface area contributed by atoms with Gasteiger partial charge >= 0.3 is 0 Å². The number of aromatic nitrogens is 3. The number of hydrogen-bond donors (Lipinski definition) is 1. The summed E-state index contributed by atoms with van der Waals surface area (Å²) < 4.78 is 47.7. The van der Waals surface area contributed by atoms with Gasteiger partial charge in [0.2, 0.25) is 5.91 Å². The Labute approximate surface area is 181 Å². The molecule has 2 aromatic carbocycles. The van der Waals surface area contributed by atoms with E-state index in [0.29, 0.717) is 23.6 Å². The molecule has 1 heterocycles. The number of amides is 1. The summed E-state index contributed by atoms with van der Waals surface area (Å²) >= 11 is 1.10. The van der Waals surface area contributed by atoms with Crippen LogP contribution in [0.25, 0.3) is 0 Å². The molecular formula is C21H19F3N4O2S. The van der Waals surface area contributed by atoms with E-state index >= 15 is 0 Å². The number of nitrogens with one attached hydrogen (secondary N) is 1. The lowest BCUT2D eigenvalue weighted by Gasteiger charge is -2.13. The van der Waals surface area contributed by atoms with E-state index in [9.17, 15) is 18.0 Å². The van der Waals surface area contributed by atoms with E-state index < -0.39 is 28.6 Å². The van der Waals surface area contributed by atoms with Gasteiger partial charge in [-0.3, -0.25) is 9.36 Å². The second kappa shape index (κ2) is 10.2. The number of para-hydroxylation sites is 1. The Morgan fingerprint density at radius 3 is 2.71 bits per heavy atom. The van der Waals surface area contributed by atoms with Crippen molar-refractivity contribution in [3.8, 4) is 5.75 Å². The molecular weight excluding hydrogens is 429 g/mol. The lowest BCUT2D eigenvalue weighted by Crippen LogP contribution is -2.23. The number of benzene rings is 2. The third kappa shape index (κ3) is 5.66. The average molecular weight is 448 g/mol. The fourth-order valence-electron chi connectivity index (χ4n) is 2.57. The maximum atomic E-state index is 13.8. The SMILES string of the molecule is C=CCn1c(COc2ccccc2F)nnc1SC(C)C(=O)Nc1ccc(F)cc1F. The molecule has 0 fully saturated rings. The number of ether oxygens (including phenoxy) is 1. The molecule has 3 aromatic rings. The smallest absolute Gasteiger partial charge is 0.237 e. The fourth-order valence-corrected chi connectivity index (χ4v) is 3.44. The molecule has 31 heavy (non-hydrogen) atoms. The summed E-state index contributed by atoms with van der Waals surface area (Å²) in [5.41, 5.74) is -0.120. The first kappa shape index (κ1) is 22.4. The summed E-state index contributed by atoms with van der Waals surface area (Å²) in [4.78, 5) is 12.4. The molecule has 162 valence electrons. The second-order valence-corrected chi connectivity index (χ2v) is 7.70. The highest BCUT2D eigenvalue weighted by molar-refractivity contribution is 8.00. The summed E-state index contributed by atoms with van der Waals surface area (Å²) in [6, 6.07) is 8.89. The van der Waals surface area contributed by atoms with Crippen molar-refractivity contribution in [3.05, 3.63) is 78.4 Å². The maximum Gasteiger partial charge on any atom is 0.237 e. The molecule has 1 unspecified atom stereocenters. The van der Waals surface area contributed by atoms with Crippen LogP contribution < -0.4 is 10.1 Å². The van der Waals surface area contributed by atoms with Gasteiger partial charge in [0.25, 0.3) is 0 Å². The third-order valence-electron chi connectivity index (χ3n) is 4.14. The zero-order chi connectivity index (χ0) is 22.4. The molecule has 1 N–H and O–H groups in total. The highest BCUT2D eigenvalue weighted by atomic mass is 32.2. The number of rotatable bonds is 9. The molecule has 0 radical (unpaired) electrons. The van der Waals surface area contributed by atoms with Crippen LogP contribution in [0.15, 0.2) is 60.3 Å². The van der Waals surface area contributed by atoms with Crippen LogP contribution in [0, 0.1) is 17.5 Å². The van der Waals surface area contributed by atoms with Gasteiger partial charge in [-0.25, -0.2) is 13.2 Å². The Kier molecular flexibility index (Phi) is 7.35. The number of allylic oxidation sites excluding steroid dienone is 1. The maximum absolute atomic E-state index is 13.8. The van der Waals surface area contributed by atoms with Crippen LogP contribution in [0.3, 0.4) is 0 Å².